The van der Waals surface area contributed by atoms with Crippen LogP contribution in [0.1, 0.15) is 34.1 Å². The third-order valence-corrected chi connectivity index (χ3v) is 2.92. The molecule has 0 radical (unpaired) electrons. The molecule has 0 rings (SSSR count). The van der Waals surface area contributed by atoms with Crippen LogP contribution < -0.4 is 0 Å². The molecule has 1 atom stereocenters. The van der Waals surface area contributed by atoms with Gasteiger partial charge in [0.2, 0.25) is 0 Å². The van der Waals surface area contributed by atoms with Crippen LogP contribution in [0.4, 0.5) is 0 Å². The minimum atomic E-state index is -2.87. The maximum Gasteiger partial charge on any atom is 0.327 e. The van der Waals surface area contributed by atoms with Gasteiger partial charge in [0.1, 0.15) is 0 Å². The fourth-order valence-corrected chi connectivity index (χ4v) is 2.31. The quantitative estimate of drug-likeness (QED) is 0.481. The van der Waals surface area contributed by atoms with E-state index in [4.69, 9.17) is 13.8 Å². The van der Waals surface area contributed by atoms with E-state index in [1.54, 1.807) is 0 Å². The van der Waals surface area contributed by atoms with Gasteiger partial charge in [-0.05, 0) is 34.1 Å². The van der Waals surface area contributed by atoms with Crippen molar-refractivity contribution >= 4 is 7.60 Å². The summed E-state index contributed by atoms with van der Waals surface area (Å²) in [6.45, 7) is 10.2. The molecule has 0 saturated heterocycles. The fourth-order valence-electron chi connectivity index (χ4n) is 1.02. The van der Waals surface area contributed by atoms with Gasteiger partial charge in [0.05, 0.1) is 18.8 Å². The first-order valence-corrected chi connectivity index (χ1v) is 7.34. The van der Waals surface area contributed by atoms with E-state index in [0.29, 0.717) is 13.2 Å². The van der Waals surface area contributed by atoms with Crippen molar-refractivity contribution in [3.63, 3.8) is 0 Å². The van der Waals surface area contributed by atoms with Crippen molar-refractivity contribution in [1.82, 2.24) is 0 Å². The zero-order valence-corrected chi connectivity index (χ0v) is 11.3. The molecule has 5 heteroatoms. The average molecular weight is 238 g/mol. The Hall–Kier alpha value is 0.110. The Morgan fingerprint density at radius 3 is 2.13 bits per heavy atom. The summed E-state index contributed by atoms with van der Waals surface area (Å²) in [6, 6.07) is 0. The molecule has 0 fully saturated rings. The molecule has 0 amide bonds. The van der Waals surface area contributed by atoms with Gasteiger partial charge in [-0.3, -0.25) is 4.57 Å². The van der Waals surface area contributed by atoms with Crippen molar-refractivity contribution in [1.29, 1.82) is 0 Å². The highest BCUT2D eigenvalue weighted by atomic mass is 31.2. The topological polar surface area (TPSA) is 44.8 Å². The second kappa shape index (κ2) is 7.39. The summed E-state index contributed by atoms with van der Waals surface area (Å²) in [5.74, 6) is 0. The first-order valence-electron chi connectivity index (χ1n) is 5.35. The molecule has 0 bridgehead atoms. The molecule has 0 aliphatic carbocycles. The molecular formula is C10H23O4P. The Bertz CT molecular complexity index is 204. The molecule has 0 N–H and O–H groups in total. The van der Waals surface area contributed by atoms with Crippen LogP contribution in [0.3, 0.4) is 0 Å². The maximum absolute atomic E-state index is 11.6. The smallest absolute Gasteiger partial charge is 0.327 e. The number of rotatable bonds is 8. The molecular weight excluding hydrogens is 215 g/mol. The van der Waals surface area contributed by atoms with Gasteiger partial charge in [-0.2, -0.15) is 0 Å². The lowest BCUT2D eigenvalue weighted by Gasteiger charge is -2.16. The average Bonchev–Trinajstić information content (AvgIpc) is 1.99. The van der Waals surface area contributed by atoms with Gasteiger partial charge in [-0.15, -0.1) is 0 Å². The largest absolute Gasteiger partial charge is 0.379 e. The molecule has 0 aliphatic heterocycles. The minimum absolute atomic E-state index is 0.0762. The lowest BCUT2D eigenvalue weighted by atomic mass is 10.4. The third kappa shape index (κ3) is 10.4. The van der Waals surface area contributed by atoms with Crippen LogP contribution >= 0.6 is 7.60 Å². The molecule has 92 valence electrons. The summed E-state index contributed by atoms with van der Waals surface area (Å²) in [5.41, 5.74) is 0. The summed E-state index contributed by atoms with van der Waals surface area (Å²) < 4.78 is 27.3. The Balaban J connectivity index is 3.53. The summed E-state index contributed by atoms with van der Waals surface area (Å²) in [7, 11) is -2.87. The van der Waals surface area contributed by atoms with Gasteiger partial charge in [-0.1, -0.05) is 0 Å². The second-order valence-electron chi connectivity index (χ2n) is 4.03. The van der Waals surface area contributed by atoms with Crippen molar-refractivity contribution in [2.45, 2.75) is 46.3 Å². The van der Waals surface area contributed by atoms with Crippen molar-refractivity contribution < 1.29 is 18.3 Å². The van der Waals surface area contributed by atoms with Gasteiger partial charge in [-0.25, -0.2) is 0 Å². The first-order chi connectivity index (χ1) is 6.83. The highest BCUT2D eigenvalue weighted by molar-refractivity contribution is 7.52. The van der Waals surface area contributed by atoms with Crippen molar-refractivity contribution in [3.05, 3.63) is 0 Å². The van der Waals surface area contributed by atoms with E-state index in [1.807, 2.05) is 27.7 Å². The SMILES string of the molecule is CC(C)OCCCOP(C)(=O)OC(C)C. The van der Waals surface area contributed by atoms with Crippen LogP contribution in [0.5, 0.6) is 0 Å². The van der Waals surface area contributed by atoms with Crippen LogP contribution in [0.2, 0.25) is 0 Å². The number of hydrogen-bond acceptors (Lipinski definition) is 4. The highest BCUT2D eigenvalue weighted by Gasteiger charge is 2.18. The Labute approximate surface area is 92.8 Å². The van der Waals surface area contributed by atoms with Crippen molar-refractivity contribution in [2.24, 2.45) is 0 Å². The zero-order valence-electron chi connectivity index (χ0n) is 10.4. The standard InChI is InChI=1S/C10H23O4P/c1-9(2)12-7-6-8-13-15(5,11)14-10(3)4/h9-10H,6-8H2,1-5H3. The van der Waals surface area contributed by atoms with Crippen LogP contribution in [0.15, 0.2) is 0 Å². The van der Waals surface area contributed by atoms with Gasteiger partial charge in [0.15, 0.2) is 0 Å². The third-order valence-electron chi connectivity index (χ3n) is 1.47. The predicted octanol–water partition coefficient (Wildman–Crippen LogP) is 3.07. The molecule has 0 heterocycles. The molecule has 0 saturated carbocycles. The van der Waals surface area contributed by atoms with Crippen LogP contribution in [-0.4, -0.2) is 32.1 Å². The lowest BCUT2D eigenvalue weighted by molar-refractivity contribution is 0.0668. The van der Waals surface area contributed by atoms with Crippen molar-refractivity contribution in [3.8, 4) is 0 Å². The number of ether oxygens (including phenoxy) is 1. The molecule has 0 aliphatic rings. The van der Waals surface area contributed by atoms with Crippen LogP contribution in [0.25, 0.3) is 0 Å². The van der Waals surface area contributed by atoms with E-state index < -0.39 is 7.60 Å². The van der Waals surface area contributed by atoms with E-state index in [-0.39, 0.29) is 12.2 Å². The molecule has 1 unspecified atom stereocenters. The van der Waals surface area contributed by atoms with Crippen LogP contribution in [0, 0.1) is 0 Å². The fraction of sp³-hybridized carbons (Fsp3) is 1.00. The molecule has 0 spiro atoms. The summed E-state index contributed by atoms with van der Waals surface area (Å²) >= 11 is 0. The van der Waals surface area contributed by atoms with Gasteiger partial charge < -0.3 is 13.8 Å². The van der Waals surface area contributed by atoms with E-state index in [0.717, 1.165) is 6.42 Å². The van der Waals surface area contributed by atoms with Gasteiger partial charge in [0, 0.05) is 13.3 Å². The molecule has 0 aromatic carbocycles. The Kier molecular flexibility index (Phi) is 7.45. The second-order valence-corrected chi connectivity index (χ2v) is 6.04. The van der Waals surface area contributed by atoms with E-state index in [1.165, 1.54) is 6.66 Å². The number of hydrogen-bond donors (Lipinski definition) is 0. The molecule has 0 aromatic heterocycles. The zero-order chi connectivity index (χ0) is 11.9. The first kappa shape index (κ1) is 15.1. The summed E-state index contributed by atoms with van der Waals surface area (Å²) in [6.07, 6.45) is 0.885. The Morgan fingerprint density at radius 1 is 1.07 bits per heavy atom. The van der Waals surface area contributed by atoms with Gasteiger partial charge >= 0.3 is 7.60 Å². The summed E-state index contributed by atoms with van der Waals surface area (Å²) in [5, 5.41) is 0. The van der Waals surface area contributed by atoms with E-state index in [2.05, 4.69) is 0 Å². The predicted molar refractivity (Wildman–Crippen MR) is 61.4 cm³/mol. The monoisotopic (exact) mass is 238 g/mol. The van der Waals surface area contributed by atoms with Gasteiger partial charge in [0.25, 0.3) is 0 Å². The van der Waals surface area contributed by atoms with E-state index >= 15 is 0 Å². The minimum Gasteiger partial charge on any atom is -0.379 e. The maximum atomic E-state index is 11.6. The highest BCUT2D eigenvalue weighted by Crippen LogP contribution is 2.44. The van der Waals surface area contributed by atoms with Crippen molar-refractivity contribution in [2.75, 3.05) is 19.9 Å². The van der Waals surface area contributed by atoms with E-state index in [9.17, 15) is 4.57 Å². The Morgan fingerprint density at radius 2 is 1.67 bits per heavy atom. The molecule has 15 heavy (non-hydrogen) atoms. The molecule has 0 aromatic rings. The summed E-state index contributed by atoms with van der Waals surface area (Å²) in [4.78, 5) is 0. The lowest BCUT2D eigenvalue weighted by Crippen LogP contribution is -2.07. The van der Waals surface area contributed by atoms with Crippen LogP contribution in [-0.2, 0) is 18.3 Å². The normalized spacial score (nSPS) is 15.9. The molecule has 4 nitrogen and oxygen atoms in total.